The van der Waals surface area contributed by atoms with Crippen molar-refractivity contribution in [3.05, 3.63) is 95.1 Å². The van der Waals surface area contributed by atoms with Crippen molar-refractivity contribution in [2.75, 3.05) is 13.2 Å². The molecule has 6 nitrogen and oxygen atoms in total. The summed E-state index contributed by atoms with van der Waals surface area (Å²) in [6.45, 7) is 0.159. The van der Waals surface area contributed by atoms with Crippen LogP contribution in [0, 0.1) is 0 Å². The summed E-state index contributed by atoms with van der Waals surface area (Å²) in [5.74, 6) is -1.07. The molecular formula is C24H21NO5. The molecule has 0 aliphatic heterocycles. The molecule has 30 heavy (non-hydrogen) atoms. The number of carboxylic acid groups (broad SMARTS) is 1. The van der Waals surface area contributed by atoms with Gasteiger partial charge in [0.15, 0.2) is 0 Å². The maximum Gasteiger partial charge on any atom is 0.407 e. The number of benzene rings is 3. The lowest BCUT2D eigenvalue weighted by Gasteiger charge is -2.16. The number of aromatic carboxylic acids is 1. The first-order chi connectivity index (χ1) is 14.5. The Kier molecular flexibility index (Phi) is 5.50. The minimum absolute atomic E-state index is 0.0309. The molecule has 0 radical (unpaired) electrons. The highest BCUT2D eigenvalue weighted by Gasteiger charge is 2.29. The number of carbonyl (C=O) groups excluding carboxylic acids is 1. The minimum atomic E-state index is -1.03. The first kappa shape index (κ1) is 19.7. The normalized spacial score (nSPS) is 13.2. The fourth-order valence-electron chi connectivity index (χ4n) is 3.80. The van der Waals surface area contributed by atoms with Gasteiger partial charge in [0.05, 0.1) is 18.2 Å². The summed E-state index contributed by atoms with van der Waals surface area (Å²) in [6.07, 6.45) is -1.58. The number of carboxylic acids is 1. The molecule has 3 N–H and O–H groups in total. The van der Waals surface area contributed by atoms with Crippen molar-refractivity contribution in [1.29, 1.82) is 0 Å². The first-order valence-corrected chi connectivity index (χ1v) is 9.64. The first-order valence-electron chi connectivity index (χ1n) is 9.64. The van der Waals surface area contributed by atoms with Gasteiger partial charge in [0.2, 0.25) is 0 Å². The fourth-order valence-corrected chi connectivity index (χ4v) is 3.80. The van der Waals surface area contributed by atoms with Crippen LogP contribution in [0.1, 0.15) is 39.1 Å². The van der Waals surface area contributed by atoms with Gasteiger partial charge >= 0.3 is 12.1 Å². The number of amides is 1. The lowest BCUT2D eigenvalue weighted by atomic mass is 9.98. The van der Waals surface area contributed by atoms with E-state index in [9.17, 15) is 14.7 Å². The number of carbonyl (C=O) groups is 2. The predicted octanol–water partition coefficient (Wildman–Crippen LogP) is 3.96. The van der Waals surface area contributed by atoms with E-state index >= 15 is 0 Å². The van der Waals surface area contributed by atoms with Crippen LogP contribution in [-0.4, -0.2) is 35.4 Å². The summed E-state index contributed by atoms with van der Waals surface area (Å²) in [4.78, 5) is 23.1. The van der Waals surface area contributed by atoms with Crippen molar-refractivity contribution in [3.63, 3.8) is 0 Å². The van der Waals surface area contributed by atoms with E-state index in [-0.39, 0.29) is 24.6 Å². The van der Waals surface area contributed by atoms with Gasteiger partial charge in [-0.05, 0) is 39.9 Å². The van der Waals surface area contributed by atoms with E-state index < -0.39 is 18.2 Å². The van der Waals surface area contributed by atoms with Crippen molar-refractivity contribution in [3.8, 4) is 11.1 Å². The Morgan fingerprint density at radius 3 is 2.03 bits per heavy atom. The van der Waals surface area contributed by atoms with Crippen LogP contribution in [0.15, 0.2) is 72.8 Å². The fraction of sp³-hybridized carbons (Fsp3) is 0.167. The smallest absolute Gasteiger partial charge is 0.407 e. The molecule has 0 aromatic heterocycles. The molecule has 4 rings (SSSR count). The van der Waals surface area contributed by atoms with E-state index in [0.29, 0.717) is 5.56 Å². The molecule has 0 bridgehead atoms. The SMILES string of the molecule is O=C(NC[C@@H](O)c1ccc(C(=O)O)cc1)OCC1c2ccccc2-c2ccccc21. The molecule has 1 aliphatic rings. The zero-order valence-corrected chi connectivity index (χ0v) is 16.1. The van der Waals surface area contributed by atoms with Gasteiger partial charge in [-0.15, -0.1) is 0 Å². The van der Waals surface area contributed by atoms with E-state index in [1.807, 2.05) is 36.4 Å². The topological polar surface area (TPSA) is 95.9 Å². The van der Waals surface area contributed by atoms with Gasteiger partial charge in [0.25, 0.3) is 0 Å². The molecular weight excluding hydrogens is 382 g/mol. The molecule has 1 atom stereocenters. The zero-order valence-electron chi connectivity index (χ0n) is 16.1. The number of fused-ring (bicyclic) bond motifs is 3. The highest BCUT2D eigenvalue weighted by Crippen LogP contribution is 2.44. The standard InChI is InChI=1S/C24H21NO5/c26-22(15-9-11-16(12-10-15)23(27)28)13-25-24(29)30-14-21-19-7-3-1-5-17(19)18-6-2-4-8-20(18)21/h1-12,21-22,26H,13-14H2,(H,25,29)(H,27,28)/t22-/m1/s1. The Balaban J connectivity index is 1.35. The Hall–Kier alpha value is -3.64. The molecule has 0 saturated heterocycles. The second kappa shape index (κ2) is 8.39. The van der Waals surface area contributed by atoms with Crippen LogP contribution in [0.4, 0.5) is 4.79 Å². The van der Waals surface area contributed by atoms with Gasteiger partial charge in [-0.1, -0.05) is 60.7 Å². The Bertz CT molecular complexity index is 1030. The van der Waals surface area contributed by atoms with Crippen LogP contribution in [0.3, 0.4) is 0 Å². The van der Waals surface area contributed by atoms with E-state index in [0.717, 1.165) is 22.3 Å². The van der Waals surface area contributed by atoms with Crippen LogP contribution in [-0.2, 0) is 4.74 Å². The van der Waals surface area contributed by atoms with Gasteiger partial charge in [-0.3, -0.25) is 0 Å². The number of aliphatic hydroxyl groups excluding tert-OH is 1. The Morgan fingerprint density at radius 2 is 1.47 bits per heavy atom. The molecule has 6 heteroatoms. The quantitative estimate of drug-likeness (QED) is 0.579. The molecule has 3 aromatic rings. The molecule has 1 amide bonds. The van der Waals surface area contributed by atoms with Crippen LogP contribution in [0.2, 0.25) is 0 Å². The minimum Gasteiger partial charge on any atom is -0.478 e. The number of aliphatic hydroxyl groups is 1. The van der Waals surface area contributed by atoms with Gasteiger partial charge in [-0.2, -0.15) is 0 Å². The van der Waals surface area contributed by atoms with E-state index in [1.165, 1.54) is 24.3 Å². The lowest BCUT2D eigenvalue weighted by Crippen LogP contribution is -2.30. The molecule has 0 spiro atoms. The molecule has 0 unspecified atom stereocenters. The van der Waals surface area contributed by atoms with Gasteiger partial charge in [-0.25, -0.2) is 9.59 Å². The second-order valence-corrected chi connectivity index (χ2v) is 7.15. The van der Waals surface area contributed by atoms with E-state index in [4.69, 9.17) is 9.84 Å². The second-order valence-electron chi connectivity index (χ2n) is 7.15. The lowest BCUT2D eigenvalue weighted by molar-refractivity contribution is 0.0696. The predicted molar refractivity (Wildman–Crippen MR) is 111 cm³/mol. The van der Waals surface area contributed by atoms with Crippen LogP contribution >= 0.6 is 0 Å². The maximum atomic E-state index is 12.2. The molecule has 3 aromatic carbocycles. The molecule has 0 heterocycles. The number of nitrogens with one attached hydrogen (secondary N) is 1. The monoisotopic (exact) mass is 403 g/mol. The highest BCUT2D eigenvalue weighted by atomic mass is 16.5. The van der Waals surface area contributed by atoms with Crippen molar-refractivity contribution in [1.82, 2.24) is 5.32 Å². The van der Waals surface area contributed by atoms with Crippen molar-refractivity contribution in [2.45, 2.75) is 12.0 Å². The van der Waals surface area contributed by atoms with E-state index in [1.54, 1.807) is 0 Å². The Morgan fingerprint density at radius 1 is 0.900 bits per heavy atom. The summed E-state index contributed by atoms with van der Waals surface area (Å²) in [5.41, 5.74) is 5.22. The Labute approximate surface area is 173 Å². The van der Waals surface area contributed by atoms with Crippen molar-refractivity contribution < 1.29 is 24.5 Å². The summed E-state index contributed by atoms with van der Waals surface area (Å²) in [6, 6.07) is 22.0. The third-order valence-electron chi connectivity index (χ3n) is 5.33. The number of alkyl carbamates (subject to hydrolysis) is 1. The number of ether oxygens (including phenoxy) is 1. The average Bonchev–Trinajstić information content (AvgIpc) is 3.10. The van der Waals surface area contributed by atoms with Crippen LogP contribution in [0.5, 0.6) is 0 Å². The molecule has 0 saturated carbocycles. The largest absolute Gasteiger partial charge is 0.478 e. The number of hydrogen-bond donors (Lipinski definition) is 3. The van der Waals surface area contributed by atoms with Crippen LogP contribution in [0.25, 0.3) is 11.1 Å². The van der Waals surface area contributed by atoms with Gasteiger partial charge in [0.1, 0.15) is 6.61 Å². The summed E-state index contributed by atoms with van der Waals surface area (Å²) < 4.78 is 5.44. The highest BCUT2D eigenvalue weighted by molar-refractivity contribution is 5.87. The molecule has 0 fully saturated rings. The third-order valence-corrected chi connectivity index (χ3v) is 5.33. The van der Waals surface area contributed by atoms with Crippen LogP contribution < -0.4 is 5.32 Å². The molecule has 152 valence electrons. The maximum absolute atomic E-state index is 12.2. The number of rotatable bonds is 6. The summed E-state index contributed by atoms with van der Waals surface area (Å²) >= 11 is 0. The zero-order chi connectivity index (χ0) is 21.1. The van der Waals surface area contributed by atoms with Crippen molar-refractivity contribution in [2.24, 2.45) is 0 Å². The summed E-state index contributed by atoms with van der Waals surface area (Å²) in [5, 5.41) is 21.7. The molecule has 1 aliphatic carbocycles. The average molecular weight is 403 g/mol. The summed E-state index contributed by atoms with van der Waals surface area (Å²) in [7, 11) is 0. The van der Waals surface area contributed by atoms with Gasteiger partial charge in [0, 0.05) is 5.92 Å². The van der Waals surface area contributed by atoms with Crippen molar-refractivity contribution >= 4 is 12.1 Å². The van der Waals surface area contributed by atoms with Gasteiger partial charge < -0.3 is 20.3 Å². The third kappa shape index (κ3) is 3.90. The number of hydrogen-bond acceptors (Lipinski definition) is 4. The van der Waals surface area contributed by atoms with E-state index in [2.05, 4.69) is 17.4 Å².